The summed E-state index contributed by atoms with van der Waals surface area (Å²) in [5, 5.41) is 8.46. The Hall–Kier alpha value is -2.31. The number of carboxylic acids is 1. The molecule has 18 heavy (non-hydrogen) atoms. The van der Waals surface area contributed by atoms with Gasteiger partial charge in [-0.15, -0.1) is 0 Å². The van der Waals surface area contributed by atoms with E-state index in [0.29, 0.717) is 0 Å². The van der Waals surface area contributed by atoms with Crippen molar-refractivity contribution in [3.8, 4) is 0 Å². The lowest BCUT2D eigenvalue weighted by molar-refractivity contribution is -0.145. The summed E-state index contributed by atoms with van der Waals surface area (Å²) in [5.41, 5.74) is 1.51. The molecule has 0 saturated carbocycles. The Balaban J connectivity index is 3.30. The van der Waals surface area contributed by atoms with Crippen LogP contribution in [0.5, 0.6) is 0 Å². The van der Waals surface area contributed by atoms with Gasteiger partial charge in [-0.05, 0) is 0 Å². The van der Waals surface area contributed by atoms with Gasteiger partial charge in [-0.1, -0.05) is 30.3 Å². The van der Waals surface area contributed by atoms with Gasteiger partial charge in [-0.25, -0.2) is 4.79 Å². The first-order valence-electron chi connectivity index (χ1n) is 4.65. The van der Waals surface area contributed by atoms with Gasteiger partial charge in [0.05, 0.1) is 0 Å². The van der Waals surface area contributed by atoms with Crippen LogP contribution in [0.3, 0.4) is 0 Å². The molecule has 0 unspecified atom stereocenters. The smallest absolute Gasteiger partial charge is 0.425 e. The second kappa shape index (κ2) is 4.91. The number of allylic oxidation sites excluding steroid dienone is 1. The lowest BCUT2D eigenvalue weighted by Crippen LogP contribution is -2.28. The molecule has 7 heteroatoms. The van der Waals surface area contributed by atoms with E-state index in [-0.39, 0.29) is 5.56 Å². The summed E-state index contributed by atoms with van der Waals surface area (Å²) in [5.74, 6) is -3.46. The number of benzene rings is 1. The molecule has 0 heterocycles. The van der Waals surface area contributed by atoms with Crippen LogP contribution in [0.1, 0.15) is 10.4 Å². The summed E-state index contributed by atoms with van der Waals surface area (Å²) in [6, 6.07) is 6.89. The van der Waals surface area contributed by atoms with Crippen molar-refractivity contribution in [3.05, 3.63) is 47.2 Å². The molecule has 0 fully saturated rings. The number of hydrogen-bond donors (Lipinski definition) is 2. The highest BCUT2D eigenvalue weighted by molar-refractivity contribution is 6.12. The number of nitrogens with two attached hydrogens (primary N) is 1. The van der Waals surface area contributed by atoms with Crippen LogP contribution in [-0.4, -0.2) is 23.0 Å². The molecule has 1 aromatic rings. The molecule has 96 valence electrons. The Morgan fingerprint density at radius 1 is 1.11 bits per heavy atom. The normalized spacial score (nSPS) is 12.8. The molecule has 0 radical (unpaired) electrons. The molecule has 1 aromatic carbocycles. The van der Waals surface area contributed by atoms with E-state index in [4.69, 9.17) is 10.8 Å². The van der Waals surface area contributed by atoms with E-state index in [1.807, 2.05) is 0 Å². The summed E-state index contributed by atoms with van der Waals surface area (Å²) in [6.07, 6.45) is -5.19. The van der Waals surface area contributed by atoms with Crippen molar-refractivity contribution >= 4 is 11.8 Å². The second-order valence-electron chi connectivity index (χ2n) is 3.29. The number of halogens is 3. The first-order chi connectivity index (χ1) is 8.25. The van der Waals surface area contributed by atoms with Crippen LogP contribution < -0.4 is 5.73 Å². The number of Topliss-reactive ketones (excluding diaryl/α,β-unsaturated/α-hetero) is 1. The van der Waals surface area contributed by atoms with Gasteiger partial charge >= 0.3 is 12.1 Å². The minimum Gasteiger partial charge on any atom is -0.478 e. The third kappa shape index (κ3) is 2.88. The molecule has 0 aromatic heterocycles. The lowest BCUT2D eigenvalue weighted by atomic mass is 10.0. The molecule has 4 nitrogen and oxygen atoms in total. The summed E-state index contributed by atoms with van der Waals surface area (Å²) in [4.78, 5) is 22.1. The average molecular weight is 259 g/mol. The van der Waals surface area contributed by atoms with E-state index in [1.165, 1.54) is 24.3 Å². The van der Waals surface area contributed by atoms with Crippen molar-refractivity contribution in [1.82, 2.24) is 0 Å². The molecule has 0 amide bonds. The minimum atomic E-state index is -5.19. The Morgan fingerprint density at radius 3 is 2.00 bits per heavy atom. The summed E-state index contributed by atoms with van der Waals surface area (Å²) in [7, 11) is 0. The maximum absolute atomic E-state index is 12.4. The molecule has 0 aliphatic carbocycles. The third-order valence-corrected chi connectivity index (χ3v) is 2.05. The number of hydrogen-bond acceptors (Lipinski definition) is 3. The Morgan fingerprint density at radius 2 is 1.61 bits per heavy atom. The molecule has 3 N–H and O–H groups in total. The van der Waals surface area contributed by atoms with Gasteiger partial charge in [0.25, 0.3) is 0 Å². The predicted molar refractivity (Wildman–Crippen MR) is 55.7 cm³/mol. The van der Waals surface area contributed by atoms with E-state index < -0.39 is 29.2 Å². The largest absolute Gasteiger partial charge is 0.478 e. The van der Waals surface area contributed by atoms with Crippen LogP contribution in [0.2, 0.25) is 0 Å². The number of carboxylic acid groups (broad SMARTS) is 1. The molecular formula is C11H8F3NO3. The lowest BCUT2D eigenvalue weighted by Gasteiger charge is -2.10. The first kappa shape index (κ1) is 13.8. The Kier molecular flexibility index (Phi) is 3.75. The van der Waals surface area contributed by atoms with E-state index in [1.54, 1.807) is 6.07 Å². The highest BCUT2D eigenvalue weighted by Crippen LogP contribution is 2.28. The van der Waals surface area contributed by atoms with Crippen molar-refractivity contribution in [2.24, 2.45) is 5.73 Å². The average Bonchev–Trinajstić information content (AvgIpc) is 2.26. The van der Waals surface area contributed by atoms with E-state index in [2.05, 4.69) is 0 Å². The topological polar surface area (TPSA) is 80.4 Å². The van der Waals surface area contributed by atoms with Crippen molar-refractivity contribution in [3.63, 3.8) is 0 Å². The highest BCUT2D eigenvalue weighted by atomic mass is 19.4. The second-order valence-corrected chi connectivity index (χ2v) is 3.29. The van der Waals surface area contributed by atoms with Crippen LogP contribution in [0, 0.1) is 0 Å². The maximum atomic E-state index is 12.4. The van der Waals surface area contributed by atoms with Crippen LogP contribution in [0.4, 0.5) is 13.2 Å². The van der Waals surface area contributed by atoms with Gasteiger partial charge in [0, 0.05) is 5.56 Å². The number of rotatable bonds is 3. The van der Waals surface area contributed by atoms with E-state index >= 15 is 0 Å². The van der Waals surface area contributed by atoms with Crippen LogP contribution >= 0.6 is 0 Å². The molecule has 0 aliphatic heterocycles. The minimum absolute atomic E-state index is 0.113. The monoisotopic (exact) mass is 259 g/mol. The van der Waals surface area contributed by atoms with Gasteiger partial charge in [0.1, 0.15) is 5.70 Å². The van der Waals surface area contributed by atoms with Gasteiger partial charge in [-0.3, -0.25) is 4.79 Å². The molecule has 0 aliphatic rings. The highest BCUT2D eigenvalue weighted by Gasteiger charge is 2.42. The molecule has 0 spiro atoms. The van der Waals surface area contributed by atoms with Crippen molar-refractivity contribution in [1.29, 1.82) is 0 Å². The number of alkyl halides is 3. The standard InChI is InChI=1S/C11H8F3NO3/c12-11(13,14)7(10(17)18)8(15)9(16)6-4-2-1-3-5-6/h1-5H,15H2,(H,17,18). The maximum Gasteiger partial charge on any atom is 0.425 e. The van der Waals surface area contributed by atoms with Crippen LogP contribution in [0.15, 0.2) is 41.6 Å². The SMILES string of the molecule is NC(C(=O)c1ccccc1)=C(C(=O)O)C(F)(F)F. The van der Waals surface area contributed by atoms with Crippen molar-refractivity contribution < 1.29 is 27.9 Å². The number of aliphatic carboxylic acids is 1. The van der Waals surface area contributed by atoms with Gasteiger partial charge in [0.2, 0.25) is 5.78 Å². The first-order valence-corrected chi connectivity index (χ1v) is 4.65. The van der Waals surface area contributed by atoms with Crippen LogP contribution in [-0.2, 0) is 4.79 Å². The quantitative estimate of drug-likeness (QED) is 0.639. The van der Waals surface area contributed by atoms with Gasteiger partial charge in [0.15, 0.2) is 5.57 Å². The zero-order chi connectivity index (χ0) is 13.9. The van der Waals surface area contributed by atoms with Gasteiger partial charge in [-0.2, -0.15) is 13.2 Å². The van der Waals surface area contributed by atoms with Crippen molar-refractivity contribution in [2.75, 3.05) is 0 Å². The predicted octanol–water partition coefficient (Wildman–Crippen LogP) is 1.73. The zero-order valence-electron chi connectivity index (χ0n) is 8.86. The fourth-order valence-corrected chi connectivity index (χ4v) is 1.25. The summed E-state index contributed by atoms with van der Waals surface area (Å²) < 4.78 is 37.3. The third-order valence-electron chi connectivity index (χ3n) is 2.05. The van der Waals surface area contributed by atoms with Gasteiger partial charge < -0.3 is 10.8 Å². The molecule has 0 bridgehead atoms. The van der Waals surface area contributed by atoms with Crippen LogP contribution in [0.25, 0.3) is 0 Å². The molecule has 1 rings (SSSR count). The zero-order valence-corrected chi connectivity index (χ0v) is 8.86. The molecule has 0 saturated heterocycles. The van der Waals surface area contributed by atoms with E-state index in [0.717, 1.165) is 0 Å². The Labute approximate surface area is 99.5 Å². The fourth-order valence-electron chi connectivity index (χ4n) is 1.25. The number of carbonyl (C=O) groups excluding carboxylic acids is 1. The summed E-state index contributed by atoms with van der Waals surface area (Å²) in [6.45, 7) is 0. The summed E-state index contributed by atoms with van der Waals surface area (Å²) >= 11 is 0. The number of ketones is 1. The Bertz CT molecular complexity index is 506. The van der Waals surface area contributed by atoms with E-state index in [9.17, 15) is 22.8 Å². The number of carbonyl (C=O) groups is 2. The van der Waals surface area contributed by atoms with Crippen molar-refractivity contribution in [2.45, 2.75) is 6.18 Å². The molecular weight excluding hydrogens is 251 g/mol. The molecule has 0 atom stereocenters. The fraction of sp³-hybridized carbons (Fsp3) is 0.0909.